The number of amides is 1. The summed E-state index contributed by atoms with van der Waals surface area (Å²) in [7, 11) is 1.70. The van der Waals surface area contributed by atoms with Crippen molar-refractivity contribution >= 4 is 17.3 Å². The van der Waals surface area contributed by atoms with Gasteiger partial charge in [0.05, 0.1) is 6.61 Å². The first kappa shape index (κ1) is 15.5. The molecule has 1 atom stereocenters. The van der Waals surface area contributed by atoms with Crippen molar-refractivity contribution < 1.29 is 9.53 Å². The molecule has 4 heteroatoms. The SMILES string of the molecule is CCC(=O)Nc1cccc(NC(CC)COC)c1C. The lowest BCUT2D eigenvalue weighted by molar-refractivity contribution is -0.115. The van der Waals surface area contributed by atoms with E-state index in [4.69, 9.17) is 4.74 Å². The number of rotatable bonds is 7. The topological polar surface area (TPSA) is 50.4 Å². The van der Waals surface area contributed by atoms with Gasteiger partial charge in [-0.15, -0.1) is 0 Å². The summed E-state index contributed by atoms with van der Waals surface area (Å²) < 4.78 is 5.19. The minimum Gasteiger partial charge on any atom is -0.383 e. The van der Waals surface area contributed by atoms with Crippen LogP contribution in [0, 0.1) is 6.92 Å². The average molecular weight is 264 g/mol. The van der Waals surface area contributed by atoms with Crippen molar-refractivity contribution in [3.8, 4) is 0 Å². The Balaban J connectivity index is 2.84. The van der Waals surface area contributed by atoms with E-state index in [9.17, 15) is 4.79 Å². The lowest BCUT2D eigenvalue weighted by Gasteiger charge is -2.20. The van der Waals surface area contributed by atoms with E-state index in [-0.39, 0.29) is 11.9 Å². The quantitative estimate of drug-likeness (QED) is 0.795. The van der Waals surface area contributed by atoms with Crippen LogP contribution >= 0.6 is 0 Å². The Morgan fingerprint density at radius 3 is 2.58 bits per heavy atom. The number of hydrogen-bond donors (Lipinski definition) is 2. The summed E-state index contributed by atoms with van der Waals surface area (Å²) in [5.41, 5.74) is 2.96. The first-order chi connectivity index (χ1) is 9.12. The molecule has 106 valence electrons. The minimum absolute atomic E-state index is 0.0317. The van der Waals surface area contributed by atoms with E-state index in [1.807, 2.05) is 32.0 Å². The second-order valence-electron chi connectivity index (χ2n) is 4.58. The van der Waals surface area contributed by atoms with Gasteiger partial charge in [-0.25, -0.2) is 0 Å². The van der Waals surface area contributed by atoms with Crippen molar-refractivity contribution in [1.82, 2.24) is 0 Å². The van der Waals surface area contributed by atoms with Crippen LogP contribution in [0.25, 0.3) is 0 Å². The molecule has 0 aliphatic heterocycles. The van der Waals surface area contributed by atoms with Crippen LogP contribution in [-0.4, -0.2) is 25.7 Å². The molecule has 19 heavy (non-hydrogen) atoms. The third-order valence-corrected chi connectivity index (χ3v) is 3.15. The molecule has 1 amide bonds. The fraction of sp³-hybridized carbons (Fsp3) is 0.533. The Kier molecular flexibility index (Phi) is 6.36. The molecule has 0 bridgehead atoms. The molecule has 0 saturated heterocycles. The fourth-order valence-electron chi connectivity index (χ4n) is 1.85. The van der Waals surface area contributed by atoms with Crippen LogP contribution < -0.4 is 10.6 Å². The zero-order chi connectivity index (χ0) is 14.3. The number of anilines is 2. The normalized spacial score (nSPS) is 12.0. The molecule has 2 N–H and O–H groups in total. The molecular weight excluding hydrogens is 240 g/mol. The van der Waals surface area contributed by atoms with Gasteiger partial charge in [0.2, 0.25) is 5.91 Å². The molecule has 1 aromatic carbocycles. The monoisotopic (exact) mass is 264 g/mol. The standard InChI is InChI=1S/C15H24N2O2/c1-5-12(10-19-4)16-13-8-7-9-14(11(13)3)17-15(18)6-2/h7-9,12,16H,5-6,10H2,1-4H3,(H,17,18). The van der Waals surface area contributed by atoms with E-state index < -0.39 is 0 Å². The van der Waals surface area contributed by atoms with Gasteiger partial charge in [0.25, 0.3) is 0 Å². The molecule has 0 aliphatic carbocycles. The highest BCUT2D eigenvalue weighted by atomic mass is 16.5. The van der Waals surface area contributed by atoms with E-state index in [0.29, 0.717) is 13.0 Å². The van der Waals surface area contributed by atoms with Crippen LogP contribution in [0.1, 0.15) is 32.3 Å². The second-order valence-corrected chi connectivity index (χ2v) is 4.58. The van der Waals surface area contributed by atoms with Gasteiger partial charge in [-0.2, -0.15) is 0 Å². The van der Waals surface area contributed by atoms with Crippen LogP contribution in [0.4, 0.5) is 11.4 Å². The predicted molar refractivity (Wildman–Crippen MR) is 79.7 cm³/mol. The van der Waals surface area contributed by atoms with E-state index in [1.54, 1.807) is 7.11 Å². The lowest BCUT2D eigenvalue weighted by atomic mass is 10.1. The average Bonchev–Trinajstić information content (AvgIpc) is 2.42. The molecule has 0 spiro atoms. The smallest absolute Gasteiger partial charge is 0.224 e. The molecule has 0 saturated carbocycles. The highest BCUT2D eigenvalue weighted by Gasteiger charge is 2.10. The summed E-state index contributed by atoms with van der Waals surface area (Å²) in [6.07, 6.45) is 1.47. The first-order valence-electron chi connectivity index (χ1n) is 6.77. The lowest BCUT2D eigenvalue weighted by Crippen LogP contribution is -2.24. The maximum absolute atomic E-state index is 11.5. The predicted octanol–water partition coefficient (Wildman–Crippen LogP) is 3.18. The highest BCUT2D eigenvalue weighted by molar-refractivity contribution is 5.92. The highest BCUT2D eigenvalue weighted by Crippen LogP contribution is 2.24. The maximum Gasteiger partial charge on any atom is 0.224 e. The van der Waals surface area contributed by atoms with Crippen LogP contribution in [0.3, 0.4) is 0 Å². The number of nitrogens with one attached hydrogen (secondary N) is 2. The molecule has 0 aromatic heterocycles. The maximum atomic E-state index is 11.5. The van der Waals surface area contributed by atoms with Gasteiger partial charge in [-0.3, -0.25) is 4.79 Å². The van der Waals surface area contributed by atoms with Crippen molar-refractivity contribution in [2.24, 2.45) is 0 Å². The summed E-state index contributed by atoms with van der Waals surface area (Å²) in [5, 5.41) is 6.37. The van der Waals surface area contributed by atoms with Crippen molar-refractivity contribution in [3.05, 3.63) is 23.8 Å². The van der Waals surface area contributed by atoms with Gasteiger partial charge >= 0.3 is 0 Å². The number of carbonyl (C=O) groups is 1. The number of ether oxygens (including phenoxy) is 1. The van der Waals surface area contributed by atoms with Crippen molar-refractivity contribution in [1.29, 1.82) is 0 Å². The third kappa shape index (κ3) is 4.56. The van der Waals surface area contributed by atoms with E-state index in [0.717, 1.165) is 23.4 Å². The molecule has 0 heterocycles. The summed E-state index contributed by atoms with van der Waals surface area (Å²) in [5.74, 6) is 0.0317. The van der Waals surface area contributed by atoms with Gasteiger partial charge < -0.3 is 15.4 Å². The molecule has 1 unspecified atom stereocenters. The Labute approximate surface area is 115 Å². The van der Waals surface area contributed by atoms with Crippen LogP contribution in [-0.2, 0) is 9.53 Å². The molecule has 1 aromatic rings. The van der Waals surface area contributed by atoms with E-state index in [1.165, 1.54) is 0 Å². The van der Waals surface area contributed by atoms with Crippen LogP contribution in [0.5, 0.6) is 0 Å². The van der Waals surface area contributed by atoms with Crippen molar-refractivity contribution in [2.75, 3.05) is 24.4 Å². The summed E-state index contributed by atoms with van der Waals surface area (Å²) >= 11 is 0. The molecular formula is C15H24N2O2. The number of carbonyl (C=O) groups excluding carboxylic acids is 1. The summed E-state index contributed by atoms with van der Waals surface area (Å²) in [4.78, 5) is 11.5. The molecule has 1 rings (SSSR count). The van der Waals surface area contributed by atoms with E-state index >= 15 is 0 Å². The van der Waals surface area contributed by atoms with Crippen molar-refractivity contribution in [2.45, 2.75) is 39.7 Å². The third-order valence-electron chi connectivity index (χ3n) is 3.15. The van der Waals surface area contributed by atoms with Crippen LogP contribution in [0.15, 0.2) is 18.2 Å². The summed E-state index contributed by atoms with van der Waals surface area (Å²) in [6.45, 7) is 6.64. The molecule has 0 fully saturated rings. The largest absolute Gasteiger partial charge is 0.383 e. The molecule has 0 aliphatic rings. The Bertz CT molecular complexity index is 419. The first-order valence-corrected chi connectivity index (χ1v) is 6.77. The number of hydrogen-bond acceptors (Lipinski definition) is 3. The Morgan fingerprint density at radius 1 is 1.32 bits per heavy atom. The van der Waals surface area contributed by atoms with Gasteiger partial charge in [-0.1, -0.05) is 19.9 Å². The van der Waals surface area contributed by atoms with Crippen LogP contribution in [0.2, 0.25) is 0 Å². The van der Waals surface area contributed by atoms with Gasteiger partial charge in [0.1, 0.15) is 0 Å². The fourth-order valence-corrected chi connectivity index (χ4v) is 1.85. The molecule has 4 nitrogen and oxygen atoms in total. The minimum atomic E-state index is 0.0317. The van der Waals surface area contributed by atoms with E-state index in [2.05, 4.69) is 17.6 Å². The Hall–Kier alpha value is -1.55. The van der Waals surface area contributed by atoms with Gasteiger partial charge in [0.15, 0.2) is 0 Å². The van der Waals surface area contributed by atoms with Gasteiger partial charge in [0, 0.05) is 30.9 Å². The Morgan fingerprint density at radius 2 is 2.00 bits per heavy atom. The zero-order valence-corrected chi connectivity index (χ0v) is 12.2. The molecule has 0 radical (unpaired) electrons. The number of methoxy groups -OCH3 is 1. The van der Waals surface area contributed by atoms with Crippen molar-refractivity contribution in [3.63, 3.8) is 0 Å². The second kappa shape index (κ2) is 7.79. The number of benzene rings is 1. The zero-order valence-electron chi connectivity index (χ0n) is 12.2. The van der Waals surface area contributed by atoms with Gasteiger partial charge in [-0.05, 0) is 31.0 Å². The summed E-state index contributed by atoms with van der Waals surface area (Å²) in [6, 6.07) is 6.17.